The molecular weight excluding hydrogens is 410 g/mol. The Bertz CT molecular complexity index is 1090. The van der Waals surface area contributed by atoms with Crippen LogP contribution >= 0.6 is 0 Å². The fraction of sp³-hybridized carbons (Fsp3) is 0.167. The van der Waals surface area contributed by atoms with E-state index in [9.17, 15) is 20.0 Å². The average molecular weight is 433 g/mol. The maximum absolute atomic E-state index is 13.1. The number of nitro groups is 1. The fourth-order valence-corrected chi connectivity index (χ4v) is 3.23. The number of amides is 1. The van der Waals surface area contributed by atoms with Crippen LogP contribution < -0.4 is 10.2 Å². The maximum Gasteiger partial charge on any atom is 0.311 e. The standard InChI is InChI=1S/C24H23N3O5/c1-3-32-22-15-14-18(16-21(22)27(30)31)17(2)25-26-23(28)24(29,19-10-6-4-7-11-19)20-12-8-5-9-13-20/h4-16,29H,3H2,1-2H3,(H,26,28)/b25-17-. The van der Waals surface area contributed by atoms with Crippen molar-refractivity contribution in [1.82, 2.24) is 5.43 Å². The average Bonchev–Trinajstić information content (AvgIpc) is 2.83. The molecule has 0 aromatic heterocycles. The molecule has 0 heterocycles. The van der Waals surface area contributed by atoms with Crippen molar-refractivity contribution in [3.05, 3.63) is 106 Å². The summed E-state index contributed by atoms with van der Waals surface area (Å²) < 4.78 is 5.29. The van der Waals surface area contributed by atoms with Gasteiger partial charge in [-0.05, 0) is 37.1 Å². The highest BCUT2D eigenvalue weighted by atomic mass is 16.6. The number of rotatable bonds is 8. The zero-order valence-electron chi connectivity index (χ0n) is 17.7. The zero-order chi connectivity index (χ0) is 23.1. The second-order valence-electron chi connectivity index (χ2n) is 6.95. The third kappa shape index (κ3) is 4.65. The Hall–Kier alpha value is -4.04. The first-order valence-electron chi connectivity index (χ1n) is 9.97. The first-order chi connectivity index (χ1) is 15.4. The predicted molar refractivity (Wildman–Crippen MR) is 121 cm³/mol. The summed E-state index contributed by atoms with van der Waals surface area (Å²) in [5, 5.41) is 26.9. The second kappa shape index (κ2) is 9.84. The molecule has 8 nitrogen and oxygen atoms in total. The van der Waals surface area contributed by atoms with E-state index >= 15 is 0 Å². The minimum absolute atomic E-state index is 0.153. The molecule has 3 rings (SSSR count). The number of aliphatic hydroxyl groups is 1. The molecule has 3 aromatic rings. The van der Waals surface area contributed by atoms with E-state index in [4.69, 9.17) is 4.74 Å². The van der Waals surface area contributed by atoms with Gasteiger partial charge in [-0.25, -0.2) is 5.43 Å². The third-order valence-electron chi connectivity index (χ3n) is 4.91. The number of ether oxygens (including phenoxy) is 1. The van der Waals surface area contributed by atoms with Crippen LogP contribution in [0.2, 0.25) is 0 Å². The summed E-state index contributed by atoms with van der Waals surface area (Å²) in [6.07, 6.45) is 0. The lowest BCUT2D eigenvalue weighted by Crippen LogP contribution is -2.43. The Kier molecular flexibility index (Phi) is 6.97. The molecule has 2 N–H and O–H groups in total. The van der Waals surface area contributed by atoms with Crippen LogP contribution in [0.15, 0.2) is 84.0 Å². The molecular formula is C24H23N3O5. The number of hydrogen-bond donors (Lipinski definition) is 2. The topological polar surface area (TPSA) is 114 Å². The van der Waals surface area contributed by atoms with Crippen LogP contribution in [0.25, 0.3) is 0 Å². The van der Waals surface area contributed by atoms with Crippen LogP contribution in [0.5, 0.6) is 5.75 Å². The number of benzene rings is 3. The van der Waals surface area contributed by atoms with Crippen LogP contribution in [0.3, 0.4) is 0 Å². The lowest BCUT2D eigenvalue weighted by atomic mass is 9.85. The van der Waals surface area contributed by atoms with Crippen LogP contribution in [0, 0.1) is 10.1 Å². The van der Waals surface area contributed by atoms with Gasteiger partial charge in [0.1, 0.15) is 0 Å². The molecule has 0 aliphatic carbocycles. The van der Waals surface area contributed by atoms with Gasteiger partial charge in [0.15, 0.2) is 11.4 Å². The SMILES string of the molecule is CCOc1ccc(/C(C)=N\NC(=O)C(O)(c2ccccc2)c2ccccc2)cc1[N+](=O)[O-]. The van der Waals surface area contributed by atoms with Crippen molar-refractivity contribution in [3.8, 4) is 5.75 Å². The van der Waals surface area contributed by atoms with Crippen molar-refractivity contribution in [2.75, 3.05) is 6.61 Å². The van der Waals surface area contributed by atoms with Gasteiger partial charge >= 0.3 is 5.69 Å². The Morgan fingerprint density at radius 3 is 2.12 bits per heavy atom. The first kappa shape index (κ1) is 22.6. The monoisotopic (exact) mass is 433 g/mol. The predicted octanol–water partition coefficient (Wildman–Crippen LogP) is 3.77. The number of nitrogens with one attached hydrogen (secondary N) is 1. The summed E-state index contributed by atoms with van der Waals surface area (Å²) in [6, 6.07) is 21.5. The molecule has 0 radical (unpaired) electrons. The van der Waals surface area contributed by atoms with Gasteiger partial charge in [-0.15, -0.1) is 0 Å². The van der Waals surface area contributed by atoms with Crippen molar-refractivity contribution in [2.45, 2.75) is 19.4 Å². The van der Waals surface area contributed by atoms with Gasteiger partial charge < -0.3 is 9.84 Å². The molecule has 1 amide bonds. The van der Waals surface area contributed by atoms with E-state index in [1.165, 1.54) is 12.1 Å². The minimum Gasteiger partial charge on any atom is -0.487 e. The molecule has 0 aliphatic heterocycles. The van der Waals surface area contributed by atoms with Crippen molar-refractivity contribution >= 4 is 17.3 Å². The van der Waals surface area contributed by atoms with Gasteiger partial charge in [-0.1, -0.05) is 60.7 Å². The van der Waals surface area contributed by atoms with Gasteiger partial charge in [0.05, 0.1) is 17.2 Å². The summed E-state index contributed by atoms with van der Waals surface area (Å²) in [5.41, 5.74) is 1.76. The molecule has 0 aliphatic rings. The Balaban J connectivity index is 1.92. The maximum atomic E-state index is 13.1. The largest absolute Gasteiger partial charge is 0.487 e. The van der Waals surface area contributed by atoms with Gasteiger partial charge in [0, 0.05) is 11.6 Å². The summed E-state index contributed by atoms with van der Waals surface area (Å²) in [7, 11) is 0. The van der Waals surface area contributed by atoms with E-state index in [0.29, 0.717) is 29.0 Å². The van der Waals surface area contributed by atoms with E-state index in [1.54, 1.807) is 80.6 Å². The molecule has 0 spiro atoms. The minimum atomic E-state index is -1.98. The van der Waals surface area contributed by atoms with Crippen LogP contribution in [0.4, 0.5) is 5.69 Å². The molecule has 32 heavy (non-hydrogen) atoms. The molecule has 0 bridgehead atoms. The molecule has 0 atom stereocenters. The van der Waals surface area contributed by atoms with Gasteiger partial charge in [-0.3, -0.25) is 14.9 Å². The highest BCUT2D eigenvalue weighted by molar-refractivity contribution is 6.00. The Labute approximate surface area is 185 Å². The van der Waals surface area contributed by atoms with Crippen LogP contribution in [-0.4, -0.2) is 28.3 Å². The molecule has 0 saturated heterocycles. The quantitative estimate of drug-likeness (QED) is 0.319. The van der Waals surface area contributed by atoms with Crippen molar-refractivity contribution in [1.29, 1.82) is 0 Å². The van der Waals surface area contributed by atoms with Gasteiger partial charge in [0.2, 0.25) is 0 Å². The van der Waals surface area contributed by atoms with E-state index in [0.717, 1.165) is 0 Å². The van der Waals surface area contributed by atoms with Crippen LogP contribution in [-0.2, 0) is 10.4 Å². The summed E-state index contributed by atoms with van der Waals surface area (Å²) in [4.78, 5) is 23.9. The number of nitrogens with zero attached hydrogens (tertiary/aromatic N) is 2. The number of hydrogen-bond acceptors (Lipinski definition) is 6. The Morgan fingerprint density at radius 1 is 1.06 bits per heavy atom. The fourth-order valence-electron chi connectivity index (χ4n) is 3.23. The van der Waals surface area contributed by atoms with E-state index in [-0.39, 0.29) is 11.4 Å². The summed E-state index contributed by atoms with van der Waals surface area (Å²) in [6.45, 7) is 3.63. The van der Waals surface area contributed by atoms with Crippen LogP contribution in [0.1, 0.15) is 30.5 Å². The normalized spacial score (nSPS) is 11.7. The van der Waals surface area contributed by atoms with Crippen molar-refractivity contribution in [3.63, 3.8) is 0 Å². The molecule has 0 unspecified atom stereocenters. The Morgan fingerprint density at radius 2 is 1.62 bits per heavy atom. The molecule has 3 aromatic carbocycles. The first-order valence-corrected chi connectivity index (χ1v) is 9.97. The molecule has 8 heteroatoms. The number of carbonyl (C=O) groups is 1. The van der Waals surface area contributed by atoms with E-state index in [1.807, 2.05) is 0 Å². The molecule has 164 valence electrons. The smallest absolute Gasteiger partial charge is 0.311 e. The summed E-state index contributed by atoms with van der Waals surface area (Å²) in [5.74, 6) is -0.602. The third-order valence-corrected chi connectivity index (χ3v) is 4.91. The zero-order valence-corrected chi connectivity index (χ0v) is 17.7. The van der Waals surface area contributed by atoms with Crippen molar-refractivity contribution in [2.24, 2.45) is 5.10 Å². The van der Waals surface area contributed by atoms with E-state index in [2.05, 4.69) is 10.5 Å². The van der Waals surface area contributed by atoms with Gasteiger partial charge in [0.25, 0.3) is 5.91 Å². The molecule has 0 saturated carbocycles. The highest BCUT2D eigenvalue weighted by Crippen LogP contribution is 2.30. The number of hydrazone groups is 1. The van der Waals surface area contributed by atoms with E-state index < -0.39 is 16.4 Å². The van der Waals surface area contributed by atoms with Crippen molar-refractivity contribution < 1.29 is 19.6 Å². The number of nitro benzene ring substituents is 1. The number of carbonyl (C=O) groups excluding carboxylic acids is 1. The molecule has 0 fully saturated rings. The summed E-state index contributed by atoms with van der Waals surface area (Å²) >= 11 is 0. The van der Waals surface area contributed by atoms with Gasteiger partial charge in [-0.2, -0.15) is 5.10 Å². The lowest BCUT2D eigenvalue weighted by Gasteiger charge is -2.27. The lowest BCUT2D eigenvalue weighted by molar-refractivity contribution is -0.385. The second-order valence-corrected chi connectivity index (χ2v) is 6.95. The highest BCUT2D eigenvalue weighted by Gasteiger charge is 2.40.